The van der Waals surface area contributed by atoms with E-state index >= 15 is 0 Å². The van der Waals surface area contributed by atoms with Crippen molar-refractivity contribution in [3.63, 3.8) is 0 Å². The molecule has 3 aromatic rings. The Hall–Kier alpha value is -2.83. The minimum Gasteiger partial charge on any atom is -0.497 e. The maximum Gasteiger partial charge on any atom is 0.253 e. The zero-order valence-corrected chi connectivity index (χ0v) is 16.9. The van der Waals surface area contributed by atoms with E-state index in [9.17, 15) is 4.79 Å². The van der Waals surface area contributed by atoms with Crippen LogP contribution < -0.4 is 4.74 Å². The van der Waals surface area contributed by atoms with Crippen LogP contribution >= 0.6 is 11.6 Å². The molecule has 7 heteroatoms. The van der Waals surface area contributed by atoms with E-state index in [1.807, 2.05) is 29.2 Å². The van der Waals surface area contributed by atoms with Crippen LogP contribution in [-0.2, 0) is 6.54 Å². The van der Waals surface area contributed by atoms with Gasteiger partial charge in [-0.15, -0.1) is 0 Å². The fourth-order valence-electron chi connectivity index (χ4n) is 3.39. The summed E-state index contributed by atoms with van der Waals surface area (Å²) >= 11 is 6.00. The van der Waals surface area contributed by atoms with Crippen LogP contribution in [0.25, 0.3) is 11.5 Å². The topological polar surface area (TPSA) is 58.8 Å². The van der Waals surface area contributed by atoms with Gasteiger partial charge in [-0.1, -0.05) is 17.7 Å². The number of aromatic nitrogens is 1. The number of amides is 1. The number of oxazole rings is 1. The number of carbonyl (C=O) groups is 1. The molecule has 0 N–H and O–H groups in total. The summed E-state index contributed by atoms with van der Waals surface area (Å²) in [5.74, 6) is 1.42. The molecule has 1 saturated heterocycles. The number of ether oxygens (including phenoxy) is 1. The van der Waals surface area contributed by atoms with Crippen LogP contribution in [0, 0.1) is 0 Å². The maximum atomic E-state index is 12.6. The van der Waals surface area contributed by atoms with Crippen LogP contribution in [0.5, 0.6) is 5.75 Å². The van der Waals surface area contributed by atoms with Gasteiger partial charge < -0.3 is 14.1 Å². The van der Waals surface area contributed by atoms with Crippen molar-refractivity contribution in [2.45, 2.75) is 6.54 Å². The van der Waals surface area contributed by atoms with Crippen molar-refractivity contribution < 1.29 is 13.9 Å². The third-order valence-corrected chi connectivity index (χ3v) is 5.24. The largest absolute Gasteiger partial charge is 0.497 e. The molecule has 1 aliphatic rings. The highest BCUT2D eigenvalue weighted by Crippen LogP contribution is 2.22. The standard InChI is InChI=1S/C22H22ClN3O3/c1-28-20-7-5-16(6-8-20)21-24-19(15-29-21)14-25-9-11-26(12-10-25)22(27)17-3-2-4-18(23)13-17/h2-8,13,15H,9-12,14H2,1H3. The first-order valence-corrected chi connectivity index (χ1v) is 9.86. The Bertz CT molecular complexity index is 979. The molecular formula is C22H22ClN3O3. The third kappa shape index (κ3) is 4.60. The molecule has 150 valence electrons. The molecule has 0 aliphatic carbocycles. The van der Waals surface area contributed by atoms with E-state index in [-0.39, 0.29) is 5.91 Å². The van der Waals surface area contributed by atoms with Gasteiger partial charge in [0.05, 0.1) is 12.8 Å². The number of carbonyl (C=O) groups excluding carboxylic acids is 1. The fraction of sp³-hybridized carbons (Fsp3) is 0.273. The van der Waals surface area contributed by atoms with Crippen LogP contribution in [0.4, 0.5) is 0 Å². The Morgan fingerprint density at radius 1 is 1.14 bits per heavy atom. The van der Waals surface area contributed by atoms with Gasteiger partial charge in [0, 0.05) is 48.9 Å². The van der Waals surface area contributed by atoms with Gasteiger partial charge in [-0.25, -0.2) is 4.98 Å². The summed E-state index contributed by atoms with van der Waals surface area (Å²) in [4.78, 5) is 21.4. The van der Waals surface area contributed by atoms with E-state index in [0.717, 1.165) is 30.1 Å². The molecule has 6 nitrogen and oxygen atoms in total. The summed E-state index contributed by atoms with van der Waals surface area (Å²) in [6.45, 7) is 3.62. The lowest BCUT2D eigenvalue weighted by molar-refractivity contribution is 0.0627. The molecule has 1 aliphatic heterocycles. The second-order valence-electron chi connectivity index (χ2n) is 6.95. The highest BCUT2D eigenvalue weighted by molar-refractivity contribution is 6.30. The number of rotatable bonds is 5. The fourth-order valence-corrected chi connectivity index (χ4v) is 3.58. The SMILES string of the molecule is COc1ccc(-c2nc(CN3CCN(C(=O)c4cccc(Cl)c4)CC3)co2)cc1. The zero-order chi connectivity index (χ0) is 20.2. The Labute approximate surface area is 174 Å². The van der Waals surface area contributed by atoms with E-state index in [1.165, 1.54) is 0 Å². The van der Waals surface area contributed by atoms with Crippen LogP contribution in [-0.4, -0.2) is 54.0 Å². The molecular weight excluding hydrogens is 390 g/mol. The highest BCUT2D eigenvalue weighted by atomic mass is 35.5. The van der Waals surface area contributed by atoms with E-state index in [1.54, 1.807) is 37.6 Å². The molecule has 0 saturated carbocycles. The normalized spacial score (nSPS) is 14.8. The molecule has 0 bridgehead atoms. The van der Waals surface area contributed by atoms with Crippen molar-refractivity contribution in [2.75, 3.05) is 33.3 Å². The molecule has 0 atom stereocenters. The predicted octanol–water partition coefficient (Wildman–Crippen LogP) is 3.96. The lowest BCUT2D eigenvalue weighted by Gasteiger charge is -2.34. The van der Waals surface area contributed by atoms with E-state index in [4.69, 9.17) is 20.8 Å². The van der Waals surface area contributed by atoms with Crippen molar-refractivity contribution >= 4 is 17.5 Å². The van der Waals surface area contributed by atoms with Crippen molar-refractivity contribution in [2.24, 2.45) is 0 Å². The Morgan fingerprint density at radius 2 is 1.90 bits per heavy atom. The average molecular weight is 412 g/mol. The molecule has 2 heterocycles. The monoisotopic (exact) mass is 411 g/mol. The van der Waals surface area contributed by atoms with Crippen LogP contribution in [0.1, 0.15) is 16.1 Å². The average Bonchev–Trinajstić information content (AvgIpc) is 3.22. The molecule has 0 spiro atoms. The van der Waals surface area contributed by atoms with E-state index < -0.39 is 0 Å². The lowest BCUT2D eigenvalue weighted by Crippen LogP contribution is -2.48. The molecule has 1 aromatic heterocycles. The summed E-state index contributed by atoms with van der Waals surface area (Å²) < 4.78 is 10.8. The molecule has 2 aromatic carbocycles. The van der Waals surface area contributed by atoms with E-state index in [0.29, 0.717) is 36.1 Å². The van der Waals surface area contributed by atoms with Crippen LogP contribution in [0.15, 0.2) is 59.2 Å². The number of nitrogens with zero attached hydrogens (tertiary/aromatic N) is 3. The Balaban J connectivity index is 1.33. The first-order valence-electron chi connectivity index (χ1n) is 9.48. The van der Waals surface area contributed by atoms with Crippen LogP contribution in [0.2, 0.25) is 5.02 Å². The highest BCUT2D eigenvalue weighted by Gasteiger charge is 2.23. The van der Waals surface area contributed by atoms with Gasteiger partial charge in [0.25, 0.3) is 5.91 Å². The summed E-state index contributed by atoms with van der Waals surface area (Å²) in [6, 6.07) is 14.7. The molecule has 1 amide bonds. The third-order valence-electron chi connectivity index (χ3n) is 5.01. The van der Waals surface area contributed by atoms with Crippen molar-refractivity contribution in [3.05, 3.63) is 71.1 Å². The van der Waals surface area contributed by atoms with Gasteiger partial charge in [0.15, 0.2) is 0 Å². The van der Waals surface area contributed by atoms with Crippen molar-refractivity contribution in [3.8, 4) is 17.2 Å². The molecule has 1 fully saturated rings. The number of benzene rings is 2. The second kappa shape index (κ2) is 8.68. The minimum absolute atomic E-state index is 0.0235. The Kier molecular flexibility index (Phi) is 5.83. The molecule has 4 rings (SSSR count). The quantitative estimate of drug-likeness (QED) is 0.636. The molecule has 0 unspecified atom stereocenters. The number of hydrogen-bond acceptors (Lipinski definition) is 5. The zero-order valence-electron chi connectivity index (χ0n) is 16.2. The number of hydrogen-bond donors (Lipinski definition) is 0. The number of methoxy groups -OCH3 is 1. The number of piperazine rings is 1. The number of halogens is 1. The lowest BCUT2D eigenvalue weighted by atomic mass is 10.2. The Morgan fingerprint density at radius 3 is 2.59 bits per heavy atom. The molecule has 0 radical (unpaired) electrons. The van der Waals surface area contributed by atoms with Gasteiger partial charge in [-0.05, 0) is 42.5 Å². The summed E-state index contributed by atoms with van der Waals surface area (Å²) in [5.41, 5.74) is 2.42. The van der Waals surface area contributed by atoms with Gasteiger partial charge in [0.2, 0.25) is 5.89 Å². The van der Waals surface area contributed by atoms with Crippen LogP contribution in [0.3, 0.4) is 0 Å². The summed E-state index contributed by atoms with van der Waals surface area (Å²) in [7, 11) is 1.64. The van der Waals surface area contributed by atoms with Crippen molar-refractivity contribution in [1.29, 1.82) is 0 Å². The first-order chi connectivity index (χ1) is 14.1. The summed E-state index contributed by atoms with van der Waals surface area (Å²) in [5, 5.41) is 0.577. The van der Waals surface area contributed by atoms with Gasteiger partial charge in [0.1, 0.15) is 12.0 Å². The van der Waals surface area contributed by atoms with Gasteiger partial charge >= 0.3 is 0 Å². The smallest absolute Gasteiger partial charge is 0.253 e. The van der Waals surface area contributed by atoms with Gasteiger partial charge in [-0.3, -0.25) is 9.69 Å². The minimum atomic E-state index is 0.0235. The summed E-state index contributed by atoms with van der Waals surface area (Å²) in [6.07, 6.45) is 1.70. The maximum absolute atomic E-state index is 12.6. The van der Waals surface area contributed by atoms with E-state index in [2.05, 4.69) is 9.88 Å². The predicted molar refractivity (Wildman–Crippen MR) is 111 cm³/mol. The first kappa shape index (κ1) is 19.5. The molecule has 29 heavy (non-hydrogen) atoms. The van der Waals surface area contributed by atoms with Gasteiger partial charge in [-0.2, -0.15) is 0 Å². The second-order valence-corrected chi connectivity index (χ2v) is 7.39. The van der Waals surface area contributed by atoms with Crippen molar-refractivity contribution in [1.82, 2.24) is 14.8 Å².